The number of carbonyl (C=O) groups is 2. The van der Waals surface area contributed by atoms with E-state index in [1.807, 2.05) is 13.0 Å². The van der Waals surface area contributed by atoms with Crippen molar-refractivity contribution in [2.45, 2.75) is 25.9 Å². The Labute approximate surface area is 150 Å². The smallest absolute Gasteiger partial charge is 0.255 e. The van der Waals surface area contributed by atoms with Gasteiger partial charge in [-0.15, -0.1) is 0 Å². The fourth-order valence-corrected chi connectivity index (χ4v) is 3.35. The third kappa shape index (κ3) is 3.52. The zero-order valence-corrected chi connectivity index (χ0v) is 14.4. The molecule has 0 unspecified atom stereocenters. The average molecular weight is 355 g/mol. The van der Waals surface area contributed by atoms with Gasteiger partial charge in [0.15, 0.2) is 0 Å². The second-order valence-electron chi connectivity index (χ2n) is 6.64. The predicted octanol–water partition coefficient (Wildman–Crippen LogP) is 0.957. The van der Waals surface area contributed by atoms with Gasteiger partial charge >= 0.3 is 0 Å². The maximum atomic E-state index is 12.5. The molecule has 0 bridgehead atoms. The maximum absolute atomic E-state index is 12.5. The van der Waals surface area contributed by atoms with E-state index in [0.717, 1.165) is 5.56 Å². The van der Waals surface area contributed by atoms with Crippen LogP contribution in [-0.2, 0) is 9.59 Å². The summed E-state index contributed by atoms with van der Waals surface area (Å²) in [6, 6.07) is 10.2. The van der Waals surface area contributed by atoms with Gasteiger partial charge < -0.3 is 16.2 Å². The van der Waals surface area contributed by atoms with E-state index in [1.165, 1.54) is 10.6 Å². The topological polar surface area (TPSA) is 114 Å². The number of carbonyl (C=O) groups excluding carboxylic acids is 2. The van der Waals surface area contributed by atoms with Crippen LogP contribution in [0, 0.1) is 18.8 Å². The number of anilines is 1. The second kappa shape index (κ2) is 7.13. The number of amides is 2. The van der Waals surface area contributed by atoms with E-state index in [4.69, 9.17) is 5.73 Å². The van der Waals surface area contributed by atoms with Crippen LogP contribution < -0.4 is 16.6 Å². The van der Waals surface area contributed by atoms with Crippen LogP contribution in [0.5, 0.6) is 0 Å². The van der Waals surface area contributed by atoms with Gasteiger partial charge in [0.05, 0.1) is 12.0 Å². The third-order valence-electron chi connectivity index (χ3n) is 4.83. The summed E-state index contributed by atoms with van der Waals surface area (Å²) >= 11 is 0. The lowest BCUT2D eigenvalue weighted by atomic mass is 10.0. The van der Waals surface area contributed by atoms with Crippen molar-refractivity contribution >= 4 is 17.5 Å². The number of nitrogens with one attached hydrogen (secondary N) is 1. The molecule has 1 aromatic carbocycles. The molecule has 3 atom stereocenters. The Balaban J connectivity index is 1.75. The van der Waals surface area contributed by atoms with Crippen molar-refractivity contribution < 1.29 is 14.7 Å². The van der Waals surface area contributed by atoms with Crippen LogP contribution in [-0.4, -0.2) is 27.6 Å². The minimum Gasteiger partial charge on any atom is -0.392 e. The fourth-order valence-electron chi connectivity index (χ4n) is 3.35. The van der Waals surface area contributed by atoms with Crippen molar-refractivity contribution in [1.82, 2.24) is 4.57 Å². The Bertz CT molecular complexity index is 906. The van der Waals surface area contributed by atoms with Gasteiger partial charge in [-0.1, -0.05) is 6.07 Å². The Morgan fingerprint density at radius 3 is 2.62 bits per heavy atom. The summed E-state index contributed by atoms with van der Waals surface area (Å²) in [5, 5.41) is 12.7. The van der Waals surface area contributed by atoms with E-state index in [1.54, 1.807) is 30.5 Å². The Hall–Kier alpha value is -2.93. The summed E-state index contributed by atoms with van der Waals surface area (Å²) < 4.78 is 1.52. The fraction of sp³-hybridized carbons (Fsp3) is 0.316. The first kappa shape index (κ1) is 17.9. The molecule has 4 N–H and O–H groups in total. The van der Waals surface area contributed by atoms with Gasteiger partial charge in [0.25, 0.3) is 5.56 Å². The Morgan fingerprint density at radius 1 is 1.23 bits per heavy atom. The highest BCUT2D eigenvalue weighted by Gasteiger charge is 2.39. The van der Waals surface area contributed by atoms with Crippen molar-refractivity contribution in [3.8, 4) is 5.69 Å². The molecule has 0 radical (unpaired) electrons. The summed E-state index contributed by atoms with van der Waals surface area (Å²) in [6.07, 6.45) is 1.27. The summed E-state index contributed by atoms with van der Waals surface area (Å²) in [6.45, 7) is 1.84. The quantitative estimate of drug-likeness (QED) is 0.758. The highest BCUT2D eigenvalue weighted by molar-refractivity contribution is 5.94. The zero-order chi connectivity index (χ0) is 18.8. The number of pyridine rings is 1. The van der Waals surface area contributed by atoms with E-state index in [2.05, 4.69) is 5.32 Å². The first-order chi connectivity index (χ1) is 12.4. The van der Waals surface area contributed by atoms with Gasteiger partial charge in [-0.3, -0.25) is 19.0 Å². The van der Waals surface area contributed by atoms with E-state index in [-0.39, 0.29) is 24.3 Å². The average Bonchev–Trinajstić information content (AvgIpc) is 2.99. The molecule has 2 amide bonds. The lowest BCUT2D eigenvalue weighted by molar-refractivity contribution is -0.124. The van der Waals surface area contributed by atoms with Crippen LogP contribution in [0.25, 0.3) is 5.69 Å². The molecule has 1 fully saturated rings. The summed E-state index contributed by atoms with van der Waals surface area (Å²) in [5.74, 6) is -1.97. The summed E-state index contributed by atoms with van der Waals surface area (Å²) in [5.41, 5.74) is 7.25. The van der Waals surface area contributed by atoms with Gasteiger partial charge in [-0.05, 0) is 49.6 Å². The highest BCUT2D eigenvalue weighted by Crippen LogP contribution is 2.32. The molecule has 7 heteroatoms. The van der Waals surface area contributed by atoms with E-state index in [0.29, 0.717) is 11.4 Å². The molecule has 7 nitrogen and oxygen atoms in total. The molecule has 1 aromatic heterocycles. The van der Waals surface area contributed by atoms with Gasteiger partial charge in [-0.2, -0.15) is 0 Å². The van der Waals surface area contributed by atoms with Gasteiger partial charge in [0.1, 0.15) is 0 Å². The molecule has 3 rings (SSSR count). The molecular weight excluding hydrogens is 334 g/mol. The van der Waals surface area contributed by atoms with Crippen molar-refractivity contribution in [3.63, 3.8) is 0 Å². The van der Waals surface area contributed by atoms with Crippen molar-refractivity contribution in [2.24, 2.45) is 17.6 Å². The number of aliphatic hydroxyl groups is 1. The summed E-state index contributed by atoms with van der Waals surface area (Å²) in [7, 11) is 0. The molecule has 1 aliphatic rings. The maximum Gasteiger partial charge on any atom is 0.255 e. The van der Waals surface area contributed by atoms with Gasteiger partial charge in [0.2, 0.25) is 11.8 Å². The molecule has 0 aliphatic heterocycles. The highest BCUT2D eigenvalue weighted by atomic mass is 16.3. The third-order valence-corrected chi connectivity index (χ3v) is 4.83. The number of hydrogen-bond donors (Lipinski definition) is 3. The molecule has 2 aromatic rings. The lowest BCUT2D eigenvalue weighted by Gasteiger charge is -2.14. The number of aryl methyl sites for hydroxylation is 1. The molecule has 136 valence electrons. The number of nitrogens with zero attached hydrogens (tertiary/aromatic N) is 1. The molecule has 1 aliphatic carbocycles. The Morgan fingerprint density at radius 2 is 2.00 bits per heavy atom. The first-order valence-electron chi connectivity index (χ1n) is 8.44. The number of hydrogen-bond acceptors (Lipinski definition) is 4. The summed E-state index contributed by atoms with van der Waals surface area (Å²) in [4.78, 5) is 35.7. The molecule has 1 heterocycles. The van der Waals surface area contributed by atoms with Crippen LogP contribution >= 0.6 is 0 Å². The van der Waals surface area contributed by atoms with Gasteiger partial charge in [-0.25, -0.2) is 0 Å². The normalized spacial score (nSPS) is 22.2. The largest absolute Gasteiger partial charge is 0.392 e. The predicted molar refractivity (Wildman–Crippen MR) is 96.8 cm³/mol. The number of rotatable bonds is 4. The van der Waals surface area contributed by atoms with Crippen molar-refractivity contribution in [3.05, 3.63) is 58.5 Å². The van der Waals surface area contributed by atoms with E-state index < -0.39 is 23.8 Å². The minimum atomic E-state index is -0.878. The van der Waals surface area contributed by atoms with Crippen LogP contribution in [0.15, 0.2) is 47.4 Å². The van der Waals surface area contributed by atoms with Crippen LogP contribution in [0.4, 0.5) is 5.69 Å². The molecule has 0 saturated heterocycles. The van der Waals surface area contributed by atoms with Crippen LogP contribution in [0.3, 0.4) is 0 Å². The monoisotopic (exact) mass is 355 g/mol. The van der Waals surface area contributed by atoms with Crippen molar-refractivity contribution in [1.29, 1.82) is 0 Å². The van der Waals surface area contributed by atoms with E-state index >= 15 is 0 Å². The first-order valence-corrected chi connectivity index (χ1v) is 8.44. The standard InChI is InChI=1S/C19H21N3O4/c1-11-8-13(22-7-3-2-4-17(22)24)5-6-15(11)21-19(26)12-9-14(18(20)25)16(23)10-12/h2-8,12,14,16,23H,9-10H2,1H3,(H2,20,25)(H,21,26)/t12-,14+,16+/m1/s1. The number of aliphatic hydroxyl groups excluding tert-OH is 1. The molecule has 0 spiro atoms. The number of nitrogens with two attached hydrogens (primary N) is 1. The Kier molecular flexibility index (Phi) is 4.90. The SMILES string of the molecule is Cc1cc(-n2ccccc2=O)ccc1NC(=O)[C@@H]1C[C@H](C(N)=O)[C@@H](O)C1. The van der Waals surface area contributed by atoms with Crippen LogP contribution in [0.2, 0.25) is 0 Å². The van der Waals surface area contributed by atoms with Gasteiger partial charge in [0, 0.05) is 29.6 Å². The zero-order valence-electron chi connectivity index (χ0n) is 14.4. The lowest BCUT2D eigenvalue weighted by Crippen LogP contribution is -2.29. The molecular formula is C19H21N3O4. The van der Waals surface area contributed by atoms with Crippen molar-refractivity contribution in [2.75, 3.05) is 5.32 Å². The molecule has 1 saturated carbocycles. The second-order valence-corrected chi connectivity index (χ2v) is 6.64. The number of aromatic nitrogens is 1. The number of benzene rings is 1. The molecule has 26 heavy (non-hydrogen) atoms. The van der Waals surface area contributed by atoms with Crippen LogP contribution in [0.1, 0.15) is 18.4 Å². The number of primary amides is 1. The minimum absolute atomic E-state index is 0.138. The van der Waals surface area contributed by atoms with E-state index in [9.17, 15) is 19.5 Å².